The molecule has 14 heteroatoms. The predicted octanol–water partition coefficient (Wildman–Crippen LogP) is 1.13. The van der Waals surface area contributed by atoms with E-state index in [0.29, 0.717) is 0 Å². The SMILES string of the molecule is COc1nc(C)nc(NC(=O)NS(=O)(=O)c2c(C)csc2OC(=O)O)n1. The molecule has 0 aliphatic heterocycles. The van der Waals surface area contributed by atoms with Crippen LogP contribution in [0.1, 0.15) is 11.4 Å². The normalized spacial score (nSPS) is 10.9. The van der Waals surface area contributed by atoms with E-state index in [1.165, 1.54) is 26.3 Å². The lowest BCUT2D eigenvalue weighted by atomic mass is 10.4. The molecule has 0 aliphatic carbocycles. The summed E-state index contributed by atoms with van der Waals surface area (Å²) in [5.41, 5.74) is 0.212. The Morgan fingerprint density at radius 2 is 1.92 bits per heavy atom. The quantitative estimate of drug-likeness (QED) is 0.615. The van der Waals surface area contributed by atoms with Gasteiger partial charge in [-0.3, -0.25) is 5.32 Å². The number of carbonyl (C=O) groups excluding carboxylic acids is 1. The van der Waals surface area contributed by atoms with Gasteiger partial charge in [-0.05, 0) is 24.8 Å². The molecule has 0 radical (unpaired) electrons. The van der Waals surface area contributed by atoms with Crippen LogP contribution < -0.4 is 19.5 Å². The van der Waals surface area contributed by atoms with Gasteiger partial charge in [0.15, 0.2) is 0 Å². The van der Waals surface area contributed by atoms with Crippen LogP contribution >= 0.6 is 11.3 Å². The minimum atomic E-state index is -4.41. The first-order valence-electron chi connectivity index (χ1n) is 6.71. The highest BCUT2D eigenvalue weighted by Gasteiger charge is 2.28. The number of thiophene rings is 1. The molecule has 0 aliphatic rings. The standard InChI is InChI=1S/C12H13N5O7S2/c1-5-4-25-8(24-12(19)20)7(5)26(21,22)17-10(18)15-9-13-6(2)14-11(16-9)23-3/h4H,1-3H3,(H,19,20)(H2,13,14,15,16,17,18). The van der Waals surface area contributed by atoms with Gasteiger partial charge in [-0.2, -0.15) is 15.0 Å². The second kappa shape index (κ2) is 7.49. The van der Waals surface area contributed by atoms with Gasteiger partial charge in [-0.1, -0.05) is 0 Å². The van der Waals surface area contributed by atoms with Crippen LogP contribution in [0.25, 0.3) is 0 Å². The number of nitrogens with one attached hydrogen (secondary N) is 2. The molecule has 26 heavy (non-hydrogen) atoms. The van der Waals surface area contributed by atoms with Crippen molar-refractivity contribution in [2.45, 2.75) is 18.7 Å². The number of anilines is 1. The van der Waals surface area contributed by atoms with Gasteiger partial charge in [0.25, 0.3) is 10.0 Å². The molecular weight excluding hydrogens is 390 g/mol. The van der Waals surface area contributed by atoms with Crippen molar-refractivity contribution in [3.63, 3.8) is 0 Å². The van der Waals surface area contributed by atoms with Gasteiger partial charge in [-0.25, -0.2) is 22.7 Å². The molecule has 2 heterocycles. The zero-order valence-electron chi connectivity index (χ0n) is 13.6. The molecule has 2 aromatic heterocycles. The molecule has 0 atom stereocenters. The number of carbonyl (C=O) groups is 2. The van der Waals surface area contributed by atoms with Crippen LogP contribution in [0.15, 0.2) is 10.3 Å². The molecule has 140 valence electrons. The summed E-state index contributed by atoms with van der Waals surface area (Å²) in [6.07, 6.45) is -1.68. The molecule has 0 bridgehead atoms. The molecule has 0 saturated heterocycles. The molecule has 2 amide bonds. The lowest BCUT2D eigenvalue weighted by Crippen LogP contribution is -2.35. The average Bonchev–Trinajstić information content (AvgIpc) is 2.86. The highest BCUT2D eigenvalue weighted by Crippen LogP contribution is 2.34. The van der Waals surface area contributed by atoms with E-state index in [1.54, 1.807) is 4.72 Å². The Bertz CT molecular complexity index is 957. The molecule has 2 rings (SSSR count). The molecule has 0 fully saturated rings. The highest BCUT2D eigenvalue weighted by molar-refractivity contribution is 7.90. The fraction of sp³-hybridized carbons (Fsp3) is 0.250. The summed E-state index contributed by atoms with van der Waals surface area (Å²) in [5, 5.41) is 11.8. The van der Waals surface area contributed by atoms with Gasteiger partial charge in [0, 0.05) is 0 Å². The number of methoxy groups -OCH3 is 1. The summed E-state index contributed by atoms with van der Waals surface area (Å²) in [4.78, 5) is 33.6. The monoisotopic (exact) mass is 403 g/mol. The number of aryl methyl sites for hydroxylation is 2. The number of hydrogen-bond acceptors (Lipinski definition) is 10. The van der Waals surface area contributed by atoms with Gasteiger partial charge in [0.2, 0.25) is 11.0 Å². The van der Waals surface area contributed by atoms with Crippen molar-refractivity contribution in [1.82, 2.24) is 19.7 Å². The number of urea groups is 1. The Hall–Kier alpha value is -3.00. The van der Waals surface area contributed by atoms with Crippen molar-refractivity contribution >= 4 is 39.5 Å². The van der Waals surface area contributed by atoms with E-state index < -0.39 is 27.1 Å². The highest BCUT2D eigenvalue weighted by atomic mass is 32.2. The van der Waals surface area contributed by atoms with Crippen molar-refractivity contribution in [2.75, 3.05) is 12.4 Å². The first-order chi connectivity index (χ1) is 12.1. The van der Waals surface area contributed by atoms with Gasteiger partial charge in [0.1, 0.15) is 10.7 Å². The van der Waals surface area contributed by atoms with Crippen LogP contribution in [0.5, 0.6) is 11.1 Å². The van der Waals surface area contributed by atoms with Gasteiger partial charge in [0.05, 0.1) is 7.11 Å². The number of sulfonamides is 1. The minimum Gasteiger partial charge on any atom is -0.467 e. The lowest BCUT2D eigenvalue weighted by molar-refractivity contribution is 0.145. The van der Waals surface area contributed by atoms with Crippen molar-refractivity contribution in [2.24, 2.45) is 0 Å². The van der Waals surface area contributed by atoms with Crippen LogP contribution in [0.4, 0.5) is 15.5 Å². The van der Waals surface area contributed by atoms with Crippen molar-refractivity contribution in [1.29, 1.82) is 0 Å². The second-order valence-electron chi connectivity index (χ2n) is 4.66. The topological polar surface area (TPSA) is 170 Å². The van der Waals surface area contributed by atoms with Gasteiger partial charge < -0.3 is 14.6 Å². The smallest absolute Gasteiger partial charge is 0.467 e. The van der Waals surface area contributed by atoms with E-state index in [0.717, 1.165) is 11.3 Å². The van der Waals surface area contributed by atoms with Crippen LogP contribution in [0.3, 0.4) is 0 Å². The summed E-state index contributed by atoms with van der Waals surface area (Å²) in [7, 11) is -3.10. The van der Waals surface area contributed by atoms with Gasteiger partial charge in [-0.15, -0.1) is 11.3 Å². The molecule has 12 nitrogen and oxygen atoms in total. The van der Waals surface area contributed by atoms with Crippen LogP contribution in [0.2, 0.25) is 0 Å². The third-order valence-electron chi connectivity index (χ3n) is 2.70. The van der Waals surface area contributed by atoms with E-state index in [9.17, 15) is 18.0 Å². The summed E-state index contributed by atoms with van der Waals surface area (Å²) < 4.78 is 35.8. The maximum atomic E-state index is 12.4. The van der Waals surface area contributed by atoms with Crippen LogP contribution in [0, 0.1) is 13.8 Å². The van der Waals surface area contributed by atoms with Crippen molar-refractivity contribution in [3.05, 3.63) is 16.8 Å². The largest absolute Gasteiger partial charge is 0.512 e. The van der Waals surface area contributed by atoms with E-state index in [4.69, 9.17) is 9.84 Å². The number of aromatic nitrogens is 3. The van der Waals surface area contributed by atoms with E-state index in [-0.39, 0.29) is 28.4 Å². The van der Waals surface area contributed by atoms with Crippen LogP contribution in [-0.4, -0.2) is 47.8 Å². The predicted molar refractivity (Wildman–Crippen MR) is 88.2 cm³/mol. The minimum absolute atomic E-state index is 0.0681. The molecule has 0 aromatic carbocycles. The van der Waals surface area contributed by atoms with E-state index >= 15 is 0 Å². The van der Waals surface area contributed by atoms with Crippen molar-refractivity contribution < 1.29 is 32.6 Å². The number of amides is 2. The summed E-state index contributed by atoms with van der Waals surface area (Å²) in [5.74, 6) is 0.00642. The Labute approximate surface area is 151 Å². The van der Waals surface area contributed by atoms with Crippen molar-refractivity contribution in [3.8, 4) is 11.1 Å². The maximum absolute atomic E-state index is 12.4. The van der Waals surface area contributed by atoms with E-state index in [1.807, 2.05) is 0 Å². The number of hydrogen-bond donors (Lipinski definition) is 3. The summed E-state index contributed by atoms with van der Waals surface area (Å²) >= 11 is 0.766. The summed E-state index contributed by atoms with van der Waals surface area (Å²) in [6, 6.07) is -1.23. The first kappa shape index (κ1) is 19.3. The first-order valence-corrected chi connectivity index (χ1v) is 9.08. The second-order valence-corrected chi connectivity index (χ2v) is 7.12. The van der Waals surface area contributed by atoms with E-state index in [2.05, 4.69) is 25.0 Å². The van der Waals surface area contributed by atoms with Crippen LogP contribution in [-0.2, 0) is 10.0 Å². The Balaban J connectivity index is 2.22. The van der Waals surface area contributed by atoms with Gasteiger partial charge >= 0.3 is 18.2 Å². The molecule has 2 aromatic rings. The summed E-state index contributed by atoms with van der Waals surface area (Å²) in [6.45, 7) is 2.95. The fourth-order valence-electron chi connectivity index (χ4n) is 1.79. The number of ether oxygens (including phenoxy) is 2. The number of nitrogens with zero attached hydrogens (tertiary/aromatic N) is 3. The molecule has 0 saturated carbocycles. The Morgan fingerprint density at radius 3 is 2.54 bits per heavy atom. The average molecular weight is 403 g/mol. The lowest BCUT2D eigenvalue weighted by Gasteiger charge is -2.09. The number of carboxylic acid groups (broad SMARTS) is 1. The molecule has 0 spiro atoms. The third kappa shape index (κ3) is 4.54. The number of rotatable bonds is 5. The Morgan fingerprint density at radius 1 is 1.23 bits per heavy atom. The fourth-order valence-corrected chi connectivity index (χ4v) is 4.26. The zero-order valence-corrected chi connectivity index (χ0v) is 15.3. The third-order valence-corrected chi connectivity index (χ3v) is 5.30. The molecule has 0 unspecified atom stereocenters. The zero-order chi connectivity index (χ0) is 19.5. The molecule has 3 N–H and O–H groups in total. The molecular formula is C12H13N5O7S2. The maximum Gasteiger partial charge on any atom is 0.512 e. The Kier molecular flexibility index (Phi) is 5.56.